The highest BCUT2D eigenvalue weighted by molar-refractivity contribution is 7.89. The molecule has 136 valence electrons. The lowest BCUT2D eigenvalue weighted by Crippen LogP contribution is -2.40. The molecule has 0 aromatic heterocycles. The maximum Gasteiger partial charge on any atom is 0.211 e. The SMILES string of the molecule is CCS(=O)(=O)NCCCNC(=NC)NCC(C)c1cccc(C)c1. The summed E-state index contributed by atoms with van der Waals surface area (Å²) in [5.41, 5.74) is 2.56. The lowest BCUT2D eigenvalue weighted by atomic mass is 9.99. The van der Waals surface area contributed by atoms with Crippen molar-refractivity contribution in [3.05, 3.63) is 35.4 Å². The van der Waals surface area contributed by atoms with E-state index >= 15 is 0 Å². The van der Waals surface area contributed by atoms with Crippen LogP contribution in [0.5, 0.6) is 0 Å². The third-order valence-electron chi connectivity index (χ3n) is 3.76. The molecule has 0 aliphatic heterocycles. The summed E-state index contributed by atoms with van der Waals surface area (Å²) in [6, 6.07) is 8.50. The van der Waals surface area contributed by atoms with Crippen LogP contribution in [-0.2, 0) is 10.0 Å². The molecule has 0 amide bonds. The van der Waals surface area contributed by atoms with Gasteiger partial charge in [0.25, 0.3) is 0 Å². The highest BCUT2D eigenvalue weighted by atomic mass is 32.2. The minimum absolute atomic E-state index is 0.112. The molecule has 1 unspecified atom stereocenters. The maximum absolute atomic E-state index is 11.3. The molecule has 1 aromatic rings. The number of benzene rings is 1. The fraction of sp³-hybridized carbons (Fsp3) is 0.588. The molecule has 6 nitrogen and oxygen atoms in total. The normalized spacial score (nSPS) is 13.6. The molecule has 0 aliphatic rings. The highest BCUT2D eigenvalue weighted by Crippen LogP contribution is 2.15. The van der Waals surface area contributed by atoms with Crippen molar-refractivity contribution in [3.63, 3.8) is 0 Å². The smallest absolute Gasteiger partial charge is 0.211 e. The van der Waals surface area contributed by atoms with Crippen molar-refractivity contribution in [2.75, 3.05) is 32.4 Å². The first kappa shape index (κ1) is 20.4. The molecule has 0 fully saturated rings. The van der Waals surface area contributed by atoms with Crippen LogP contribution < -0.4 is 15.4 Å². The third-order valence-corrected chi connectivity index (χ3v) is 5.16. The second kappa shape index (κ2) is 10.3. The maximum atomic E-state index is 11.3. The second-order valence-corrected chi connectivity index (χ2v) is 7.94. The van der Waals surface area contributed by atoms with E-state index in [0.717, 1.165) is 12.5 Å². The van der Waals surface area contributed by atoms with Gasteiger partial charge < -0.3 is 10.6 Å². The van der Waals surface area contributed by atoms with Crippen molar-refractivity contribution < 1.29 is 8.42 Å². The second-order valence-electron chi connectivity index (χ2n) is 5.85. The van der Waals surface area contributed by atoms with Gasteiger partial charge in [0.1, 0.15) is 0 Å². The summed E-state index contributed by atoms with van der Waals surface area (Å²) in [5.74, 6) is 1.22. The number of hydrogen-bond donors (Lipinski definition) is 3. The van der Waals surface area contributed by atoms with Gasteiger partial charge in [0, 0.05) is 26.7 Å². The Hall–Kier alpha value is -1.60. The Balaban J connectivity index is 2.30. The Kier molecular flexibility index (Phi) is 8.78. The molecular weight excluding hydrogens is 324 g/mol. The van der Waals surface area contributed by atoms with Gasteiger partial charge in [-0.05, 0) is 31.7 Å². The van der Waals surface area contributed by atoms with Crippen molar-refractivity contribution >= 4 is 16.0 Å². The fourth-order valence-electron chi connectivity index (χ4n) is 2.19. The Morgan fingerprint density at radius 1 is 1.25 bits per heavy atom. The Labute approximate surface area is 146 Å². The summed E-state index contributed by atoms with van der Waals surface area (Å²) in [4.78, 5) is 4.19. The summed E-state index contributed by atoms with van der Waals surface area (Å²) in [5, 5.41) is 6.50. The van der Waals surface area contributed by atoms with E-state index < -0.39 is 10.0 Å². The molecule has 0 saturated carbocycles. The minimum Gasteiger partial charge on any atom is -0.356 e. The summed E-state index contributed by atoms with van der Waals surface area (Å²) < 4.78 is 25.2. The van der Waals surface area contributed by atoms with Crippen LogP contribution in [0.15, 0.2) is 29.3 Å². The molecule has 0 saturated heterocycles. The number of aryl methyl sites for hydroxylation is 1. The largest absolute Gasteiger partial charge is 0.356 e. The molecule has 0 aliphatic carbocycles. The van der Waals surface area contributed by atoms with Crippen LogP contribution in [0.4, 0.5) is 0 Å². The van der Waals surface area contributed by atoms with Gasteiger partial charge in [-0.1, -0.05) is 36.8 Å². The average Bonchev–Trinajstić information content (AvgIpc) is 2.57. The van der Waals surface area contributed by atoms with Crippen molar-refractivity contribution in [3.8, 4) is 0 Å². The van der Waals surface area contributed by atoms with E-state index in [1.54, 1.807) is 14.0 Å². The van der Waals surface area contributed by atoms with Crippen molar-refractivity contribution in [2.24, 2.45) is 4.99 Å². The molecule has 24 heavy (non-hydrogen) atoms. The average molecular weight is 355 g/mol. The summed E-state index contributed by atoms with van der Waals surface area (Å²) in [7, 11) is -1.38. The zero-order chi connectivity index (χ0) is 18.0. The first-order valence-corrected chi connectivity index (χ1v) is 10.0. The van der Waals surface area contributed by atoms with Crippen molar-refractivity contribution in [1.82, 2.24) is 15.4 Å². The van der Waals surface area contributed by atoms with Gasteiger partial charge >= 0.3 is 0 Å². The van der Waals surface area contributed by atoms with Crippen molar-refractivity contribution in [2.45, 2.75) is 33.1 Å². The molecule has 1 aromatic carbocycles. The number of sulfonamides is 1. The molecule has 3 N–H and O–H groups in total. The number of nitrogens with zero attached hydrogens (tertiary/aromatic N) is 1. The predicted octanol–water partition coefficient (Wildman–Crippen LogP) is 1.59. The fourth-order valence-corrected chi connectivity index (χ4v) is 2.85. The van der Waals surface area contributed by atoms with Gasteiger partial charge in [0.05, 0.1) is 5.75 Å². The first-order chi connectivity index (χ1) is 11.4. The predicted molar refractivity (Wildman–Crippen MR) is 101 cm³/mol. The monoisotopic (exact) mass is 354 g/mol. The van der Waals surface area contributed by atoms with Gasteiger partial charge in [-0.3, -0.25) is 4.99 Å². The van der Waals surface area contributed by atoms with Crippen LogP contribution in [0.1, 0.15) is 37.3 Å². The Bertz CT molecular complexity index is 629. The third kappa shape index (κ3) is 7.79. The van der Waals surface area contributed by atoms with Crippen LogP contribution >= 0.6 is 0 Å². The molecule has 1 rings (SSSR count). The zero-order valence-corrected chi connectivity index (χ0v) is 15.9. The van der Waals surface area contributed by atoms with Gasteiger partial charge in [0.2, 0.25) is 10.0 Å². The quantitative estimate of drug-likeness (QED) is 0.357. The summed E-state index contributed by atoms with van der Waals surface area (Å²) in [6.45, 7) is 7.77. The summed E-state index contributed by atoms with van der Waals surface area (Å²) in [6.07, 6.45) is 0.702. The highest BCUT2D eigenvalue weighted by Gasteiger charge is 2.07. The lowest BCUT2D eigenvalue weighted by Gasteiger charge is -2.17. The van der Waals surface area contributed by atoms with Crippen LogP contribution in [0, 0.1) is 6.92 Å². The zero-order valence-electron chi connectivity index (χ0n) is 15.1. The molecule has 0 bridgehead atoms. The molecule has 0 radical (unpaired) electrons. The summed E-state index contributed by atoms with van der Waals surface area (Å²) >= 11 is 0. The van der Waals surface area contributed by atoms with Crippen LogP contribution in [0.2, 0.25) is 0 Å². The topological polar surface area (TPSA) is 82.6 Å². The van der Waals surface area contributed by atoms with Gasteiger partial charge in [0.15, 0.2) is 5.96 Å². The van der Waals surface area contributed by atoms with E-state index in [1.807, 2.05) is 0 Å². The van der Waals surface area contributed by atoms with Gasteiger partial charge in [-0.2, -0.15) is 0 Å². The standard InChI is InChI=1S/C17H30N4O2S/c1-5-24(22,23)21-11-7-10-19-17(18-4)20-13-15(3)16-9-6-8-14(2)12-16/h6,8-9,12,15,21H,5,7,10-11,13H2,1-4H3,(H2,18,19,20). The Morgan fingerprint density at radius 2 is 2.00 bits per heavy atom. The van der Waals surface area contributed by atoms with Crippen LogP contribution in [0.3, 0.4) is 0 Å². The van der Waals surface area contributed by atoms with Crippen LogP contribution in [0.25, 0.3) is 0 Å². The lowest BCUT2D eigenvalue weighted by molar-refractivity contribution is 0.579. The number of aliphatic imine (C=N–C) groups is 1. The van der Waals surface area contributed by atoms with E-state index in [9.17, 15) is 8.42 Å². The molecule has 0 spiro atoms. The number of nitrogens with one attached hydrogen (secondary N) is 3. The van der Waals surface area contributed by atoms with E-state index in [4.69, 9.17) is 0 Å². The molecular formula is C17H30N4O2S. The minimum atomic E-state index is -3.11. The number of guanidine groups is 1. The molecule has 7 heteroatoms. The number of hydrogen-bond acceptors (Lipinski definition) is 3. The van der Waals surface area contributed by atoms with Gasteiger partial charge in [-0.15, -0.1) is 0 Å². The van der Waals surface area contributed by atoms with E-state index in [1.165, 1.54) is 11.1 Å². The van der Waals surface area contributed by atoms with E-state index in [0.29, 0.717) is 25.4 Å². The first-order valence-electron chi connectivity index (χ1n) is 8.36. The van der Waals surface area contributed by atoms with Crippen LogP contribution in [-0.4, -0.2) is 46.8 Å². The Morgan fingerprint density at radius 3 is 2.62 bits per heavy atom. The van der Waals surface area contributed by atoms with E-state index in [-0.39, 0.29) is 5.75 Å². The van der Waals surface area contributed by atoms with Crippen molar-refractivity contribution in [1.29, 1.82) is 0 Å². The molecule has 1 atom stereocenters. The number of rotatable bonds is 9. The molecule has 0 heterocycles. The van der Waals surface area contributed by atoms with Gasteiger partial charge in [-0.25, -0.2) is 13.1 Å². The van der Waals surface area contributed by atoms with E-state index in [2.05, 4.69) is 58.5 Å².